The minimum atomic E-state index is -1.50. The van der Waals surface area contributed by atoms with Crippen molar-refractivity contribution in [3.05, 3.63) is 35.0 Å². The maximum Gasteiger partial charge on any atom is 0.334 e. The summed E-state index contributed by atoms with van der Waals surface area (Å²) in [5, 5.41) is 15.5. The Bertz CT molecular complexity index is 1090. The molecule has 0 radical (unpaired) electrons. The Hall–Kier alpha value is -2.55. The van der Waals surface area contributed by atoms with Gasteiger partial charge in [0.2, 0.25) is 0 Å². The molecule has 8 nitrogen and oxygen atoms in total. The van der Waals surface area contributed by atoms with Crippen LogP contribution in [0.4, 0.5) is 0 Å². The number of fused-ring (bicyclic) bond motifs is 1. The van der Waals surface area contributed by atoms with Gasteiger partial charge >= 0.3 is 5.97 Å². The lowest BCUT2D eigenvalue weighted by atomic mass is 9.91. The van der Waals surface area contributed by atoms with Gasteiger partial charge in [-0.25, -0.2) is 4.79 Å². The number of ether oxygens (including phenoxy) is 2. The number of nitrogens with zero attached hydrogens (tertiary/aromatic N) is 2. The first-order valence-corrected chi connectivity index (χ1v) is 13.1. The molecule has 1 saturated heterocycles. The molecule has 36 heavy (non-hydrogen) atoms. The van der Waals surface area contributed by atoms with E-state index in [2.05, 4.69) is 23.6 Å². The first-order chi connectivity index (χ1) is 17.2. The van der Waals surface area contributed by atoms with E-state index in [0.29, 0.717) is 24.5 Å². The fourth-order valence-corrected chi connectivity index (χ4v) is 4.20. The smallest absolute Gasteiger partial charge is 0.334 e. The number of unbranched alkanes of at least 4 members (excludes halogenated alkanes) is 3. The highest BCUT2D eigenvalue weighted by molar-refractivity contribution is 6.14. The van der Waals surface area contributed by atoms with Crippen molar-refractivity contribution in [2.24, 2.45) is 5.16 Å². The van der Waals surface area contributed by atoms with Crippen molar-refractivity contribution in [1.82, 2.24) is 4.57 Å². The second-order valence-corrected chi connectivity index (χ2v) is 9.88. The van der Waals surface area contributed by atoms with Gasteiger partial charge < -0.3 is 24.0 Å². The topological polar surface area (TPSA) is 103 Å². The van der Waals surface area contributed by atoms with Crippen molar-refractivity contribution in [3.8, 4) is 0 Å². The second kappa shape index (κ2) is 12.6. The van der Waals surface area contributed by atoms with E-state index in [9.17, 15) is 14.7 Å². The predicted octanol–water partition coefficient (Wildman–Crippen LogP) is 4.81. The zero-order valence-corrected chi connectivity index (χ0v) is 22.3. The minimum Gasteiger partial charge on any atom is -0.382 e. The maximum atomic E-state index is 13.1. The van der Waals surface area contributed by atoms with E-state index >= 15 is 0 Å². The van der Waals surface area contributed by atoms with Gasteiger partial charge in [0.25, 0.3) is 0 Å². The Morgan fingerprint density at radius 2 is 1.94 bits per heavy atom. The number of ketones is 1. The first kappa shape index (κ1) is 28.0. The van der Waals surface area contributed by atoms with Crippen LogP contribution in [0.3, 0.4) is 0 Å². The predicted molar refractivity (Wildman–Crippen MR) is 140 cm³/mol. The zero-order valence-electron chi connectivity index (χ0n) is 22.3. The molecule has 1 aliphatic heterocycles. The number of aliphatic hydroxyl groups is 1. The molecule has 1 aromatic carbocycles. The van der Waals surface area contributed by atoms with Crippen LogP contribution in [-0.4, -0.2) is 58.7 Å². The largest absolute Gasteiger partial charge is 0.382 e. The van der Waals surface area contributed by atoms with Crippen LogP contribution in [0.2, 0.25) is 0 Å². The highest BCUT2D eigenvalue weighted by Gasteiger charge is 2.28. The molecule has 0 aliphatic carbocycles. The van der Waals surface area contributed by atoms with Crippen LogP contribution < -0.4 is 0 Å². The van der Waals surface area contributed by atoms with Gasteiger partial charge in [0, 0.05) is 35.7 Å². The number of hydrogen-bond donors (Lipinski definition) is 1. The molecule has 0 saturated carbocycles. The van der Waals surface area contributed by atoms with E-state index in [1.54, 1.807) is 6.92 Å². The Morgan fingerprint density at radius 1 is 1.19 bits per heavy atom. The molecule has 1 unspecified atom stereocenters. The molecular weight excluding hydrogens is 460 g/mol. The van der Waals surface area contributed by atoms with Gasteiger partial charge in [0.15, 0.2) is 5.78 Å². The normalized spacial score (nSPS) is 15.9. The van der Waals surface area contributed by atoms with E-state index in [1.807, 2.05) is 18.3 Å². The van der Waals surface area contributed by atoms with Crippen LogP contribution in [0.1, 0.15) is 88.2 Å². The van der Waals surface area contributed by atoms with Crippen LogP contribution in [0.15, 0.2) is 23.5 Å². The molecule has 2 aromatic rings. The molecule has 1 aromatic heterocycles. The van der Waals surface area contributed by atoms with E-state index in [0.717, 1.165) is 60.7 Å². The van der Waals surface area contributed by atoms with Gasteiger partial charge in [-0.05, 0) is 51.3 Å². The van der Waals surface area contributed by atoms with Crippen molar-refractivity contribution in [2.75, 3.05) is 19.8 Å². The zero-order chi connectivity index (χ0) is 26.3. The SMILES string of the molecule is CCCCCCc1cc(C(=O)C(C)(C)O)cc2c(/C(COCC3CO3)=N/OC(=O)CC)cn(CC)c12. The van der Waals surface area contributed by atoms with Crippen LogP contribution in [-0.2, 0) is 32.1 Å². The van der Waals surface area contributed by atoms with Crippen molar-refractivity contribution >= 4 is 28.4 Å². The number of Topliss-reactive ketones (excluding diaryl/α,β-unsaturated/α-hetero) is 1. The molecule has 0 amide bonds. The number of rotatable bonds is 15. The summed E-state index contributed by atoms with van der Waals surface area (Å²) < 4.78 is 13.2. The van der Waals surface area contributed by atoms with Gasteiger partial charge in [0.1, 0.15) is 17.4 Å². The molecule has 1 atom stereocenters. The Kier molecular flexibility index (Phi) is 9.82. The number of oxime groups is 1. The number of benzene rings is 1. The van der Waals surface area contributed by atoms with Gasteiger partial charge in [-0.3, -0.25) is 4.79 Å². The van der Waals surface area contributed by atoms with Crippen LogP contribution in [0, 0.1) is 0 Å². The van der Waals surface area contributed by atoms with E-state index < -0.39 is 11.6 Å². The molecular formula is C28H40N2O6. The third-order valence-corrected chi connectivity index (χ3v) is 6.31. The van der Waals surface area contributed by atoms with E-state index in [1.165, 1.54) is 13.8 Å². The van der Waals surface area contributed by atoms with Gasteiger partial charge in [-0.15, -0.1) is 0 Å². The van der Waals surface area contributed by atoms with Crippen LogP contribution in [0.25, 0.3) is 10.9 Å². The monoisotopic (exact) mass is 500 g/mol. The van der Waals surface area contributed by atoms with Crippen LogP contribution in [0.5, 0.6) is 0 Å². The lowest BCUT2D eigenvalue weighted by molar-refractivity contribution is -0.143. The van der Waals surface area contributed by atoms with Crippen molar-refractivity contribution in [3.63, 3.8) is 0 Å². The number of epoxide rings is 1. The minimum absolute atomic E-state index is 0.0900. The van der Waals surface area contributed by atoms with Gasteiger partial charge in [-0.1, -0.05) is 38.3 Å². The van der Waals surface area contributed by atoms with E-state index in [-0.39, 0.29) is 24.9 Å². The Morgan fingerprint density at radius 3 is 2.56 bits per heavy atom. The molecule has 1 aliphatic rings. The fraction of sp³-hybridized carbons (Fsp3) is 0.607. The van der Waals surface area contributed by atoms with Crippen molar-refractivity contribution in [1.29, 1.82) is 0 Å². The average molecular weight is 501 g/mol. The number of carbonyl (C=O) groups excluding carboxylic acids is 2. The third kappa shape index (κ3) is 7.24. The first-order valence-electron chi connectivity index (χ1n) is 13.1. The number of hydrogen-bond acceptors (Lipinski definition) is 7. The lowest BCUT2D eigenvalue weighted by Gasteiger charge is -2.17. The highest BCUT2D eigenvalue weighted by atomic mass is 16.7. The number of aryl methyl sites for hydroxylation is 2. The molecule has 1 N–H and O–H groups in total. The summed E-state index contributed by atoms with van der Waals surface area (Å²) in [6, 6.07) is 3.73. The highest BCUT2D eigenvalue weighted by Crippen LogP contribution is 2.30. The molecule has 198 valence electrons. The van der Waals surface area contributed by atoms with Crippen molar-refractivity contribution < 1.29 is 29.0 Å². The number of aromatic nitrogens is 1. The summed E-state index contributed by atoms with van der Waals surface area (Å²) in [6.45, 7) is 10.9. The molecule has 0 spiro atoms. The Labute approximate surface area is 213 Å². The average Bonchev–Trinajstić information content (AvgIpc) is 3.61. The standard InChI is InChI=1S/C28H40N2O6/c1-6-9-10-11-12-19-13-20(27(32)28(4,5)33)14-22-23(15-30(8-3)26(19)22)24(29-36-25(31)7-2)18-34-16-21-17-35-21/h13-15,21,33H,6-12,16-18H2,1-5H3/b29-24+. The molecule has 1 fully saturated rings. The maximum absolute atomic E-state index is 13.1. The third-order valence-electron chi connectivity index (χ3n) is 6.31. The van der Waals surface area contributed by atoms with Crippen LogP contribution >= 0.6 is 0 Å². The lowest BCUT2D eigenvalue weighted by Crippen LogP contribution is -2.31. The molecule has 8 heteroatoms. The fourth-order valence-electron chi connectivity index (χ4n) is 4.20. The summed E-state index contributed by atoms with van der Waals surface area (Å²) in [7, 11) is 0. The number of carbonyl (C=O) groups is 2. The summed E-state index contributed by atoms with van der Waals surface area (Å²) in [6.07, 6.45) is 7.51. The van der Waals surface area contributed by atoms with Gasteiger partial charge in [0.05, 0.1) is 25.3 Å². The second-order valence-electron chi connectivity index (χ2n) is 9.88. The molecule has 0 bridgehead atoms. The molecule has 2 heterocycles. The summed E-state index contributed by atoms with van der Waals surface area (Å²) in [4.78, 5) is 30.1. The summed E-state index contributed by atoms with van der Waals surface area (Å²) in [5.74, 6) is -0.779. The van der Waals surface area contributed by atoms with E-state index in [4.69, 9.17) is 14.3 Å². The summed E-state index contributed by atoms with van der Waals surface area (Å²) >= 11 is 0. The summed E-state index contributed by atoms with van der Waals surface area (Å²) in [5.41, 5.74) is 2.25. The quantitative estimate of drug-likeness (QED) is 0.0940. The van der Waals surface area contributed by atoms with Gasteiger partial charge in [-0.2, -0.15) is 0 Å². The van der Waals surface area contributed by atoms with Crippen molar-refractivity contribution in [2.45, 2.75) is 91.4 Å². The Balaban J connectivity index is 2.11. The molecule has 3 rings (SSSR count).